The number of carbonyl (C=O) groups excluding carboxylic acids is 1. The quantitative estimate of drug-likeness (QED) is 0.649. The summed E-state index contributed by atoms with van der Waals surface area (Å²) in [4.78, 5) is 16.8. The van der Waals surface area contributed by atoms with Crippen molar-refractivity contribution in [1.29, 1.82) is 0 Å². The lowest BCUT2D eigenvalue weighted by Crippen LogP contribution is -2.47. The molecule has 2 atom stereocenters. The van der Waals surface area contributed by atoms with E-state index in [4.69, 9.17) is 9.47 Å². The van der Waals surface area contributed by atoms with E-state index in [0.717, 1.165) is 67.4 Å². The van der Waals surface area contributed by atoms with Gasteiger partial charge in [-0.05, 0) is 56.5 Å². The molecule has 7 nitrogen and oxygen atoms in total. The van der Waals surface area contributed by atoms with E-state index in [1.54, 1.807) is 0 Å². The van der Waals surface area contributed by atoms with Crippen LogP contribution in [0, 0.1) is 12.3 Å². The van der Waals surface area contributed by atoms with Crippen molar-refractivity contribution in [3.05, 3.63) is 29.1 Å². The second-order valence-electron chi connectivity index (χ2n) is 8.56. The second-order valence-corrected chi connectivity index (χ2v) is 9.42. The van der Waals surface area contributed by atoms with Crippen LogP contribution in [0.3, 0.4) is 0 Å². The molecule has 162 valence electrons. The number of hydrogen-bond donors (Lipinski definition) is 3. The number of amides is 2. The van der Waals surface area contributed by atoms with Crippen molar-refractivity contribution in [1.82, 2.24) is 15.6 Å². The lowest BCUT2D eigenvalue weighted by molar-refractivity contribution is 0.117. The second kappa shape index (κ2) is 9.32. The Bertz CT molecular complexity index is 873. The molecule has 0 spiro atoms. The molecule has 2 aliphatic heterocycles. The third-order valence-corrected chi connectivity index (χ3v) is 6.57. The summed E-state index contributed by atoms with van der Waals surface area (Å²) in [6, 6.07) is 6.07. The van der Waals surface area contributed by atoms with E-state index in [0.29, 0.717) is 12.4 Å². The largest absolute Gasteiger partial charge is 0.493 e. The molecule has 30 heavy (non-hydrogen) atoms. The predicted molar refractivity (Wildman–Crippen MR) is 119 cm³/mol. The van der Waals surface area contributed by atoms with Crippen LogP contribution in [-0.2, 0) is 4.74 Å². The number of rotatable bonds is 6. The number of nitrogens with zero attached hydrogens (tertiary/aromatic N) is 1. The Hall–Kier alpha value is -2.16. The molecule has 0 aliphatic carbocycles. The number of piperidine rings is 1. The van der Waals surface area contributed by atoms with Crippen LogP contribution in [0.4, 0.5) is 10.6 Å². The Morgan fingerprint density at radius 1 is 1.47 bits per heavy atom. The van der Waals surface area contributed by atoms with Crippen LogP contribution in [-0.4, -0.2) is 50.0 Å². The van der Waals surface area contributed by atoms with Crippen LogP contribution in [0.15, 0.2) is 23.6 Å². The standard InChI is InChI=1S/C22H30N4O3S/c1-15-10-16(5-6-18(15)29-14-22(2)7-9-28-13-22)20-25-19(12-30-20)26-21(27)24-17-4-3-8-23-11-17/h5-6,10,12,17,23H,3-4,7-9,11,13-14H2,1-2H3,(H2,24,26,27)/t17-,22?/m0/s1. The highest BCUT2D eigenvalue weighted by atomic mass is 32.1. The molecule has 3 heterocycles. The maximum absolute atomic E-state index is 12.2. The summed E-state index contributed by atoms with van der Waals surface area (Å²) < 4.78 is 11.6. The van der Waals surface area contributed by atoms with Crippen molar-refractivity contribution >= 4 is 23.2 Å². The number of ether oxygens (including phenoxy) is 2. The van der Waals surface area contributed by atoms with Gasteiger partial charge in [-0.25, -0.2) is 9.78 Å². The molecule has 2 saturated heterocycles. The molecule has 2 fully saturated rings. The minimum atomic E-state index is -0.204. The highest BCUT2D eigenvalue weighted by Crippen LogP contribution is 2.32. The van der Waals surface area contributed by atoms with Crippen LogP contribution in [0.25, 0.3) is 10.6 Å². The monoisotopic (exact) mass is 430 g/mol. The van der Waals surface area contributed by atoms with Crippen LogP contribution in [0.5, 0.6) is 5.75 Å². The Balaban J connectivity index is 1.34. The molecule has 0 saturated carbocycles. The van der Waals surface area contributed by atoms with E-state index < -0.39 is 0 Å². The molecule has 1 aromatic heterocycles. The first kappa shape index (κ1) is 21.1. The molecular formula is C22H30N4O3S. The molecule has 0 radical (unpaired) electrons. The summed E-state index contributed by atoms with van der Waals surface area (Å²) in [5.41, 5.74) is 2.18. The zero-order chi connectivity index (χ0) is 21.0. The molecule has 2 aromatic rings. The van der Waals surface area contributed by atoms with E-state index in [9.17, 15) is 4.79 Å². The molecule has 3 N–H and O–H groups in total. The van der Waals surface area contributed by atoms with Crippen molar-refractivity contribution < 1.29 is 14.3 Å². The molecule has 2 amide bonds. The molecule has 1 aromatic carbocycles. The first-order valence-corrected chi connectivity index (χ1v) is 11.4. The van der Waals surface area contributed by atoms with Gasteiger partial charge in [-0.15, -0.1) is 11.3 Å². The van der Waals surface area contributed by atoms with E-state index in [1.165, 1.54) is 11.3 Å². The van der Waals surface area contributed by atoms with Crippen LogP contribution >= 0.6 is 11.3 Å². The number of hydrogen-bond acceptors (Lipinski definition) is 6. The Kier molecular flexibility index (Phi) is 6.55. The third kappa shape index (κ3) is 5.30. The van der Waals surface area contributed by atoms with Crippen LogP contribution in [0.1, 0.15) is 31.7 Å². The Morgan fingerprint density at radius 2 is 2.37 bits per heavy atom. The maximum atomic E-state index is 12.2. The van der Waals surface area contributed by atoms with Gasteiger partial charge in [-0.3, -0.25) is 5.32 Å². The van der Waals surface area contributed by atoms with Crippen molar-refractivity contribution in [3.63, 3.8) is 0 Å². The van der Waals surface area contributed by atoms with Gasteiger partial charge in [0.25, 0.3) is 0 Å². The number of carbonyl (C=O) groups is 1. The number of nitrogens with one attached hydrogen (secondary N) is 3. The maximum Gasteiger partial charge on any atom is 0.320 e. The zero-order valence-electron chi connectivity index (χ0n) is 17.6. The first-order chi connectivity index (χ1) is 14.5. The number of thiazole rings is 1. The summed E-state index contributed by atoms with van der Waals surface area (Å²) in [6.07, 6.45) is 3.12. The zero-order valence-corrected chi connectivity index (χ0v) is 18.4. The Labute approximate surface area is 181 Å². The topological polar surface area (TPSA) is 84.5 Å². The SMILES string of the molecule is Cc1cc(-c2nc(NC(=O)N[C@H]3CCCNC3)cs2)ccc1OCC1(C)CCOC1. The average molecular weight is 431 g/mol. The fourth-order valence-electron chi connectivity index (χ4n) is 3.80. The summed E-state index contributed by atoms with van der Waals surface area (Å²) in [5.74, 6) is 1.46. The number of anilines is 1. The summed E-state index contributed by atoms with van der Waals surface area (Å²) in [7, 11) is 0. The Morgan fingerprint density at radius 3 is 3.10 bits per heavy atom. The lowest BCUT2D eigenvalue weighted by atomic mass is 9.91. The van der Waals surface area contributed by atoms with Gasteiger partial charge in [0.1, 0.15) is 16.6 Å². The van der Waals surface area contributed by atoms with Gasteiger partial charge in [0.2, 0.25) is 0 Å². The van der Waals surface area contributed by atoms with Gasteiger partial charge in [-0.1, -0.05) is 6.92 Å². The van der Waals surface area contributed by atoms with E-state index in [2.05, 4.69) is 33.9 Å². The van der Waals surface area contributed by atoms with Gasteiger partial charge in [-0.2, -0.15) is 0 Å². The first-order valence-electron chi connectivity index (χ1n) is 10.6. The highest BCUT2D eigenvalue weighted by molar-refractivity contribution is 7.13. The molecule has 8 heteroatoms. The summed E-state index contributed by atoms with van der Waals surface area (Å²) >= 11 is 1.52. The van der Waals surface area contributed by atoms with Crippen molar-refractivity contribution in [2.24, 2.45) is 5.41 Å². The summed E-state index contributed by atoms with van der Waals surface area (Å²) in [6.45, 7) is 8.31. The number of aromatic nitrogens is 1. The molecule has 4 rings (SSSR count). The molecular weight excluding hydrogens is 400 g/mol. The van der Waals surface area contributed by atoms with Gasteiger partial charge in [0, 0.05) is 35.6 Å². The normalized spacial score (nSPS) is 23.9. The molecule has 2 aliphatic rings. The van der Waals surface area contributed by atoms with Crippen LogP contribution in [0.2, 0.25) is 0 Å². The fourth-order valence-corrected chi connectivity index (χ4v) is 4.55. The molecule has 0 bridgehead atoms. The van der Waals surface area contributed by atoms with Crippen LogP contribution < -0.4 is 20.7 Å². The molecule has 1 unspecified atom stereocenters. The van der Waals surface area contributed by atoms with Gasteiger partial charge < -0.3 is 20.1 Å². The third-order valence-electron chi connectivity index (χ3n) is 5.68. The lowest BCUT2D eigenvalue weighted by Gasteiger charge is -2.23. The van der Waals surface area contributed by atoms with Crippen molar-refractivity contribution in [2.45, 2.75) is 39.2 Å². The van der Waals surface area contributed by atoms with Crippen molar-refractivity contribution in [3.8, 4) is 16.3 Å². The predicted octanol–water partition coefficient (Wildman–Crippen LogP) is 3.80. The van der Waals surface area contributed by atoms with E-state index in [-0.39, 0.29) is 17.5 Å². The van der Waals surface area contributed by atoms with E-state index in [1.807, 2.05) is 24.4 Å². The van der Waals surface area contributed by atoms with Gasteiger partial charge >= 0.3 is 6.03 Å². The number of benzene rings is 1. The summed E-state index contributed by atoms with van der Waals surface area (Å²) in [5, 5.41) is 11.9. The minimum absolute atomic E-state index is 0.0925. The van der Waals surface area contributed by atoms with Gasteiger partial charge in [0.05, 0.1) is 13.2 Å². The minimum Gasteiger partial charge on any atom is -0.493 e. The average Bonchev–Trinajstić information content (AvgIpc) is 3.37. The number of urea groups is 1. The number of aryl methyl sites for hydroxylation is 1. The highest BCUT2D eigenvalue weighted by Gasteiger charge is 2.30. The fraction of sp³-hybridized carbons (Fsp3) is 0.545. The van der Waals surface area contributed by atoms with Crippen molar-refractivity contribution in [2.75, 3.05) is 38.2 Å². The smallest absolute Gasteiger partial charge is 0.320 e. The van der Waals surface area contributed by atoms with Gasteiger partial charge in [0.15, 0.2) is 0 Å². The van der Waals surface area contributed by atoms with E-state index >= 15 is 0 Å².